The van der Waals surface area contributed by atoms with Crippen LogP contribution in [0.15, 0.2) is 29.3 Å². The van der Waals surface area contributed by atoms with Crippen molar-refractivity contribution in [3.63, 3.8) is 0 Å². The molecule has 0 bridgehead atoms. The van der Waals surface area contributed by atoms with Crippen molar-refractivity contribution in [1.29, 1.82) is 0 Å². The van der Waals surface area contributed by atoms with Gasteiger partial charge in [0.2, 0.25) is 12.3 Å². The summed E-state index contributed by atoms with van der Waals surface area (Å²) < 4.78 is 0. The molecule has 0 aliphatic rings. The highest BCUT2D eigenvalue weighted by molar-refractivity contribution is 5.85. The molecule has 2 amide bonds. The van der Waals surface area contributed by atoms with E-state index in [0.29, 0.717) is 6.41 Å². The smallest absolute Gasteiger partial charge is 0.242 e. The Morgan fingerprint density at radius 2 is 2.00 bits per heavy atom. The molecule has 1 rings (SSSR count). The summed E-state index contributed by atoms with van der Waals surface area (Å²) >= 11 is 0. The Labute approximate surface area is 119 Å². The van der Waals surface area contributed by atoms with Gasteiger partial charge in [0.05, 0.1) is 12.0 Å². The number of hydrogen-bond acceptors (Lipinski definition) is 3. The van der Waals surface area contributed by atoms with Crippen molar-refractivity contribution < 1.29 is 9.59 Å². The number of para-hydroxylation sites is 1. The van der Waals surface area contributed by atoms with Gasteiger partial charge < -0.3 is 4.90 Å². The van der Waals surface area contributed by atoms with E-state index in [-0.39, 0.29) is 18.5 Å². The van der Waals surface area contributed by atoms with Crippen LogP contribution in [0.3, 0.4) is 0 Å². The Bertz CT molecular complexity index is 498. The lowest BCUT2D eigenvalue weighted by Gasteiger charge is -2.23. The summed E-state index contributed by atoms with van der Waals surface area (Å²) in [4.78, 5) is 30.0. The summed E-state index contributed by atoms with van der Waals surface area (Å²) in [6.45, 7) is 5.78. The van der Waals surface area contributed by atoms with Gasteiger partial charge in [-0.1, -0.05) is 18.2 Å². The van der Waals surface area contributed by atoms with Crippen LogP contribution in [0.25, 0.3) is 0 Å². The third-order valence-electron chi connectivity index (χ3n) is 3.08. The average Bonchev–Trinajstić information content (AvgIpc) is 2.43. The fourth-order valence-electron chi connectivity index (χ4n) is 1.51. The number of aliphatic imine (C=N–C) groups is 1. The molecule has 5 nitrogen and oxygen atoms in total. The normalized spacial score (nSPS) is 10.8. The minimum Gasteiger partial charge on any atom is -0.342 e. The molecule has 20 heavy (non-hydrogen) atoms. The molecule has 5 heteroatoms. The van der Waals surface area contributed by atoms with Crippen LogP contribution in [0.4, 0.5) is 5.69 Å². The Hall–Kier alpha value is -2.17. The summed E-state index contributed by atoms with van der Waals surface area (Å²) in [7, 11) is 1.72. The summed E-state index contributed by atoms with van der Waals surface area (Å²) in [6, 6.07) is 7.70. The monoisotopic (exact) mass is 275 g/mol. The number of rotatable bonds is 6. The second kappa shape index (κ2) is 7.43. The third kappa shape index (κ3) is 4.50. The Morgan fingerprint density at radius 3 is 2.55 bits per heavy atom. The Balaban J connectivity index is 2.71. The highest BCUT2D eigenvalue weighted by Crippen LogP contribution is 2.16. The van der Waals surface area contributed by atoms with Gasteiger partial charge >= 0.3 is 0 Å². The van der Waals surface area contributed by atoms with Crippen LogP contribution in [0.5, 0.6) is 0 Å². The average molecular weight is 275 g/mol. The van der Waals surface area contributed by atoms with E-state index in [9.17, 15) is 9.59 Å². The van der Waals surface area contributed by atoms with Gasteiger partial charge in [-0.2, -0.15) is 0 Å². The lowest BCUT2D eigenvalue weighted by atomic mass is 10.2. The number of amides is 2. The van der Waals surface area contributed by atoms with Gasteiger partial charge in [0, 0.05) is 13.1 Å². The molecule has 0 unspecified atom stereocenters. The van der Waals surface area contributed by atoms with Crippen LogP contribution in [0.1, 0.15) is 19.4 Å². The van der Waals surface area contributed by atoms with Gasteiger partial charge in [0.25, 0.3) is 0 Å². The molecule has 0 fully saturated rings. The highest BCUT2D eigenvalue weighted by Gasteiger charge is 2.14. The first-order chi connectivity index (χ1) is 9.45. The molecule has 0 radical (unpaired) electrons. The first-order valence-electron chi connectivity index (χ1n) is 6.52. The number of benzene rings is 1. The van der Waals surface area contributed by atoms with Crippen LogP contribution in [-0.4, -0.2) is 48.1 Å². The molecular weight excluding hydrogens is 254 g/mol. The maximum absolute atomic E-state index is 11.9. The standard InChI is InChI=1S/C15H21N3O2/c1-12(2)17(4)15(20)9-18(11-19)10-16-14-8-6-5-7-13(14)3/h5-8,10-12H,9H2,1-4H3/b16-10-. The molecule has 0 saturated heterocycles. The maximum atomic E-state index is 11.9. The minimum atomic E-state index is -0.122. The van der Waals surface area contributed by atoms with Crippen LogP contribution in [0, 0.1) is 6.92 Å². The van der Waals surface area contributed by atoms with E-state index in [1.165, 1.54) is 11.2 Å². The SMILES string of the molecule is Cc1ccccc1/N=C\N(C=O)CC(=O)N(C)C(C)C. The van der Waals surface area contributed by atoms with E-state index in [0.717, 1.165) is 11.3 Å². The van der Waals surface area contributed by atoms with Crippen molar-refractivity contribution in [3.8, 4) is 0 Å². The van der Waals surface area contributed by atoms with Gasteiger partial charge in [-0.25, -0.2) is 4.99 Å². The molecule has 108 valence electrons. The minimum absolute atomic E-state index is 0.00639. The van der Waals surface area contributed by atoms with Gasteiger partial charge in [-0.3, -0.25) is 14.5 Å². The zero-order valence-corrected chi connectivity index (χ0v) is 12.4. The molecule has 0 heterocycles. The quantitative estimate of drug-likeness (QED) is 0.453. The van der Waals surface area contributed by atoms with Crippen LogP contribution >= 0.6 is 0 Å². The molecule has 0 atom stereocenters. The van der Waals surface area contributed by atoms with Crippen molar-refractivity contribution in [3.05, 3.63) is 29.8 Å². The molecule has 1 aromatic rings. The van der Waals surface area contributed by atoms with Crippen molar-refractivity contribution in [2.45, 2.75) is 26.8 Å². The zero-order chi connectivity index (χ0) is 15.1. The number of carbonyl (C=O) groups is 2. The third-order valence-corrected chi connectivity index (χ3v) is 3.08. The summed E-state index contributed by atoms with van der Waals surface area (Å²) in [5.74, 6) is -0.122. The summed E-state index contributed by atoms with van der Waals surface area (Å²) in [5, 5.41) is 0. The van der Waals surface area contributed by atoms with E-state index >= 15 is 0 Å². The van der Waals surface area contributed by atoms with Crippen molar-refractivity contribution in [2.75, 3.05) is 13.6 Å². The number of likely N-dealkylation sites (N-methyl/N-ethyl adjacent to an activating group) is 1. The fourth-order valence-corrected chi connectivity index (χ4v) is 1.51. The predicted octanol–water partition coefficient (Wildman–Crippen LogP) is 1.98. The molecule has 0 aliphatic carbocycles. The lowest BCUT2D eigenvalue weighted by Crippen LogP contribution is -2.40. The lowest BCUT2D eigenvalue weighted by molar-refractivity contribution is -0.133. The first kappa shape index (κ1) is 15.9. The number of aryl methyl sites for hydroxylation is 1. The number of carbonyl (C=O) groups excluding carboxylic acids is 2. The van der Waals surface area contributed by atoms with Crippen LogP contribution in [0.2, 0.25) is 0 Å². The highest BCUT2D eigenvalue weighted by atomic mass is 16.2. The second-order valence-corrected chi connectivity index (χ2v) is 4.91. The molecule has 1 aromatic carbocycles. The summed E-state index contributed by atoms with van der Waals surface area (Å²) in [6.07, 6.45) is 2.00. The van der Waals surface area contributed by atoms with Crippen molar-refractivity contribution >= 4 is 24.3 Å². The molecular formula is C15H21N3O2. The van der Waals surface area contributed by atoms with E-state index in [1.807, 2.05) is 45.0 Å². The molecule has 0 spiro atoms. The summed E-state index contributed by atoms with van der Waals surface area (Å²) in [5.41, 5.74) is 1.80. The van der Waals surface area contributed by atoms with E-state index in [1.54, 1.807) is 11.9 Å². The molecule has 0 saturated carbocycles. The largest absolute Gasteiger partial charge is 0.342 e. The van der Waals surface area contributed by atoms with E-state index in [2.05, 4.69) is 4.99 Å². The van der Waals surface area contributed by atoms with Gasteiger partial charge in [-0.05, 0) is 32.4 Å². The van der Waals surface area contributed by atoms with Gasteiger partial charge in [0.15, 0.2) is 0 Å². The van der Waals surface area contributed by atoms with E-state index in [4.69, 9.17) is 0 Å². The van der Waals surface area contributed by atoms with Crippen molar-refractivity contribution in [2.24, 2.45) is 4.99 Å². The second-order valence-electron chi connectivity index (χ2n) is 4.91. The fraction of sp³-hybridized carbons (Fsp3) is 0.400. The first-order valence-corrected chi connectivity index (χ1v) is 6.52. The van der Waals surface area contributed by atoms with E-state index < -0.39 is 0 Å². The zero-order valence-electron chi connectivity index (χ0n) is 12.4. The maximum Gasteiger partial charge on any atom is 0.242 e. The molecule has 0 aliphatic heterocycles. The topological polar surface area (TPSA) is 53.0 Å². The molecule has 0 aromatic heterocycles. The van der Waals surface area contributed by atoms with Crippen LogP contribution < -0.4 is 0 Å². The van der Waals surface area contributed by atoms with Crippen LogP contribution in [-0.2, 0) is 9.59 Å². The predicted molar refractivity (Wildman–Crippen MR) is 80.0 cm³/mol. The number of hydrogen-bond donors (Lipinski definition) is 0. The van der Waals surface area contributed by atoms with Crippen molar-refractivity contribution in [1.82, 2.24) is 9.80 Å². The van der Waals surface area contributed by atoms with Gasteiger partial charge in [0.1, 0.15) is 6.54 Å². The Morgan fingerprint density at radius 1 is 1.35 bits per heavy atom. The number of nitrogens with zero attached hydrogens (tertiary/aromatic N) is 3. The molecule has 0 N–H and O–H groups in total. The van der Waals surface area contributed by atoms with Gasteiger partial charge in [-0.15, -0.1) is 0 Å². The Kier molecular flexibility index (Phi) is 5.90.